The molecule has 0 aliphatic carbocycles. The van der Waals surface area contributed by atoms with Gasteiger partial charge in [-0.05, 0) is 22.4 Å². The van der Waals surface area contributed by atoms with E-state index >= 15 is 0 Å². The SMILES string of the molecule is CCc1[nH]n(CC(=O)O)c(=O)c1Br. The van der Waals surface area contributed by atoms with Gasteiger partial charge in [0.25, 0.3) is 5.56 Å². The lowest BCUT2D eigenvalue weighted by Crippen LogP contribution is -2.21. The molecule has 1 heterocycles. The Labute approximate surface area is 82.5 Å². The molecule has 1 aromatic rings. The minimum absolute atomic E-state index is 0.334. The van der Waals surface area contributed by atoms with Crippen molar-refractivity contribution in [2.24, 2.45) is 0 Å². The molecule has 0 atom stereocenters. The largest absolute Gasteiger partial charge is 0.480 e. The monoisotopic (exact) mass is 248 g/mol. The highest BCUT2D eigenvalue weighted by atomic mass is 79.9. The van der Waals surface area contributed by atoms with Crippen LogP contribution in [0.2, 0.25) is 0 Å². The predicted molar refractivity (Wildman–Crippen MR) is 49.8 cm³/mol. The van der Waals surface area contributed by atoms with Crippen molar-refractivity contribution < 1.29 is 9.90 Å². The van der Waals surface area contributed by atoms with Crippen molar-refractivity contribution in [3.05, 3.63) is 20.5 Å². The molecule has 0 aromatic carbocycles. The number of hydrogen-bond acceptors (Lipinski definition) is 2. The third-order valence-corrected chi connectivity index (χ3v) is 2.43. The first-order valence-corrected chi connectivity index (χ1v) is 4.54. The van der Waals surface area contributed by atoms with Crippen molar-refractivity contribution >= 4 is 21.9 Å². The van der Waals surface area contributed by atoms with Crippen LogP contribution in [0.5, 0.6) is 0 Å². The Hall–Kier alpha value is -1.04. The Kier molecular flexibility index (Phi) is 2.92. The van der Waals surface area contributed by atoms with E-state index in [0.29, 0.717) is 16.6 Å². The van der Waals surface area contributed by atoms with Gasteiger partial charge in [-0.1, -0.05) is 6.92 Å². The summed E-state index contributed by atoms with van der Waals surface area (Å²) in [5.74, 6) is -1.04. The average Bonchev–Trinajstić information content (AvgIpc) is 2.32. The predicted octanol–water partition coefficient (Wildman–Crippen LogP) is 0.586. The zero-order chi connectivity index (χ0) is 10.0. The van der Waals surface area contributed by atoms with E-state index in [4.69, 9.17) is 5.11 Å². The molecule has 0 saturated heterocycles. The third-order valence-electron chi connectivity index (χ3n) is 1.61. The lowest BCUT2D eigenvalue weighted by Gasteiger charge is -1.94. The number of nitrogens with zero attached hydrogens (tertiary/aromatic N) is 1. The number of aromatic nitrogens is 2. The topological polar surface area (TPSA) is 75.1 Å². The van der Waals surface area contributed by atoms with E-state index in [9.17, 15) is 9.59 Å². The molecule has 0 saturated carbocycles. The van der Waals surface area contributed by atoms with Crippen LogP contribution in [-0.2, 0) is 17.8 Å². The fourth-order valence-electron chi connectivity index (χ4n) is 0.991. The number of H-pyrrole nitrogens is 1. The number of rotatable bonds is 3. The minimum Gasteiger partial charge on any atom is -0.480 e. The molecule has 72 valence electrons. The maximum Gasteiger partial charge on any atom is 0.325 e. The van der Waals surface area contributed by atoms with Crippen molar-refractivity contribution in [2.75, 3.05) is 0 Å². The van der Waals surface area contributed by atoms with E-state index in [1.54, 1.807) is 0 Å². The number of carbonyl (C=O) groups is 1. The molecule has 13 heavy (non-hydrogen) atoms. The van der Waals surface area contributed by atoms with Crippen LogP contribution in [0.25, 0.3) is 0 Å². The van der Waals surface area contributed by atoms with Crippen molar-refractivity contribution in [3.8, 4) is 0 Å². The Morgan fingerprint density at radius 2 is 2.31 bits per heavy atom. The van der Waals surface area contributed by atoms with Gasteiger partial charge in [-0.3, -0.25) is 14.7 Å². The van der Waals surface area contributed by atoms with Crippen molar-refractivity contribution in [2.45, 2.75) is 19.9 Å². The molecule has 0 amide bonds. The smallest absolute Gasteiger partial charge is 0.325 e. The number of aryl methyl sites for hydroxylation is 1. The van der Waals surface area contributed by atoms with Gasteiger partial charge in [0.2, 0.25) is 0 Å². The fraction of sp³-hybridized carbons (Fsp3) is 0.429. The molecular formula is C7H9BrN2O3. The van der Waals surface area contributed by atoms with Crippen LogP contribution < -0.4 is 5.56 Å². The van der Waals surface area contributed by atoms with Gasteiger partial charge in [0, 0.05) is 0 Å². The summed E-state index contributed by atoms with van der Waals surface area (Å²) in [6.45, 7) is 1.54. The van der Waals surface area contributed by atoms with Gasteiger partial charge in [-0.25, -0.2) is 4.68 Å². The highest BCUT2D eigenvalue weighted by molar-refractivity contribution is 9.10. The zero-order valence-corrected chi connectivity index (χ0v) is 8.59. The van der Waals surface area contributed by atoms with E-state index in [-0.39, 0.29) is 12.1 Å². The summed E-state index contributed by atoms with van der Waals surface area (Å²) in [4.78, 5) is 21.6. The third kappa shape index (κ3) is 2.00. The first-order valence-electron chi connectivity index (χ1n) is 3.75. The molecule has 2 N–H and O–H groups in total. The van der Waals surface area contributed by atoms with Crippen LogP contribution in [-0.4, -0.2) is 20.9 Å². The summed E-state index contributed by atoms with van der Waals surface area (Å²) >= 11 is 3.09. The summed E-state index contributed by atoms with van der Waals surface area (Å²) in [5, 5.41) is 11.2. The number of aliphatic carboxylic acids is 1. The number of carboxylic acid groups (broad SMARTS) is 1. The maximum atomic E-state index is 11.3. The van der Waals surface area contributed by atoms with E-state index in [1.165, 1.54) is 0 Å². The molecule has 0 fully saturated rings. The maximum absolute atomic E-state index is 11.3. The molecule has 6 heteroatoms. The van der Waals surface area contributed by atoms with Crippen molar-refractivity contribution in [1.82, 2.24) is 9.78 Å². The van der Waals surface area contributed by atoms with Gasteiger partial charge in [0.05, 0.1) is 5.69 Å². The van der Waals surface area contributed by atoms with Crippen LogP contribution in [0.4, 0.5) is 0 Å². The zero-order valence-electron chi connectivity index (χ0n) is 7.00. The van der Waals surface area contributed by atoms with Crippen LogP contribution >= 0.6 is 15.9 Å². The second-order valence-corrected chi connectivity index (χ2v) is 3.34. The highest BCUT2D eigenvalue weighted by Crippen LogP contribution is 2.09. The van der Waals surface area contributed by atoms with E-state index < -0.39 is 5.97 Å². The van der Waals surface area contributed by atoms with E-state index in [1.807, 2.05) is 6.92 Å². The highest BCUT2D eigenvalue weighted by Gasteiger charge is 2.11. The average molecular weight is 249 g/mol. The number of hydrogen-bond donors (Lipinski definition) is 2. The fourth-order valence-corrected chi connectivity index (χ4v) is 1.57. The van der Waals surface area contributed by atoms with Crippen LogP contribution in [0, 0.1) is 0 Å². The standard InChI is InChI=1S/C7H9BrN2O3/c1-2-4-6(8)7(13)10(9-4)3-5(11)12/h9H,2-3H2,1H3,(H,11,12). The second kappa shape index (κ2) is 3.78. The second-order valence-electron chi connectivity index (χ2n) is 2.54. The van der Waals surface area contributed by atoms with Gasteiger partial charge in [-0.2, -0.15) is 0 Å². The van der Waals surface area contributed by atoms with E-state index in [0.717, 1.165) is 4.68 Å². The summed E-state index contributed by atoms with van der Waals surface area (Å²) < 4.78 is 1.47. The summed E-state index contributed by atoms with van der Waals surface area (Å²) in [6.07, 6.45) is 0.655. The first kappa shape index (κ1) is 10.0. The van der Waals surface area contributed by atoms with Crippen LogP contribution in [0.1, 0.15) is 12.6 Å². The Bertz CT molecular complexity index is 380. The number of carboxylic acids is 1. The van der Waals surface area contributed by atoms with Gasteiger partial charge in [0.1, 0.15) is 11.0 Å². The van der Waals surface area contributed by atoms with E-state index in [2.05, 4.69) is 21.0 Å². The number of nitrogens with one attached hydrogen (secondary N) is 1. The minimum atomic E-state index is -1.04. The van der Waals surface area contributed by atoms with Gasteiger partial charge in [0.15, 0.2) is 0 Å². The molecule has 0 radical (unpaired) electrons. The van der Waals surface area contributed by atoms with Gasteiger partial charge >= 0.3 is 5.97 Å². The summed E-state index contributed by atoms with van der Waals surface area (Å²) in [6, 6.07) is 0. The quantitative estimate of drug-likeness (QED) is 0.822. The lowest BCUT2D eigenvalue weighted by molar-refractivity contribution is -0.137. The summed E-state index contributed by atoms with van der Waals surface area (Å²) in [5.41, 5.74) is 0.380. The molecule has 1 rings (SSSR count). The first-order chi connectivity index (χ1) is 6.06. The molecule has 0 spiro atoms. The Morgan fingerprint density at radius 1 is 1.69 bits per heavy atom. The normalized spacial score (nSPS) is 10.3. The molecular weight excluding hydrogens is 240 g/mol. The summed E-state index contributed by atoms with van der Waals surface area (Å²) in [7, 11) is 0. The van der Waals surface area contributed by atoms with Gasteiger partial charge < -0.3 is 5.11 Å². The Morgan fingerprint density at radius 3 is 2.69 bits per heavy atom. The van der Waals surface area contributed by atoms with Crippen LogP contribution in [0.15, 0.2) is 9.27 Å². The lowest BCUT2D eigenvalue weighted by atomic mass is 10.3. The molecule has 0 bridgehead atoms. The number of aromatic amines is 1. The van der Waals surface area contributed by atoms with Crippen molar-refractivity contribution in [3.63, 3.8) is 0 Å². The molecule has 0 aliphatic rings. The molecule has 1 aromatic heterocycles. The van der Waals surface area contributed by atoms with Crippen molar-refractivity contribution in [1.29, 1.82) is 0 Å². The molecule has 0 aliphatic heterocycles. The molecule has 0 unspecified atom stereocenters. The Balaban J connectivity index is 3.10. The number of halogens is 1. The molecule has 5 nitrogen and oxygen atoms in total. The van der Waals surface area contributed by atoms with Gasteiger partial charge in [-0.15, -0.1) is 0 Å². The van der Waals surface area contributed by atoms with Crippen LogP contribution in [0.3, 0.4) is 0 Å².